The first-order chi connectivity index (χ1) is 18.8. The molecule has 0 aromatic heterocycles. The fourth-order valence-electron chi connectivity index (χ4n) is 5.40. The van der Waals surface area contributed by atoms with Crippen molar-refractivity contribution < 1.29 is 29.4 Å². The van der Waals surface area contributed by atoms with Gasteiger partial charge in [-0.15, -0.1) is 0 Å². The van der Waals surface area contributed by atoms with E-state index in [1.165, 1.54) is 84.0 Å². The third kappa shape index (κ3) is 19.6. The van der Waals surface area contributed by atoms with Crippen molar-refractivity contribution in [1.82, 2.24) is 10.6 Å². The summed E-state index contributed by atoms with van der Waals surface area (Å²) in [6.45, 7) is 2.15. The number of nitrogens with one attached hydrogen (secondary N) is 2. The predicted molar refractivity (Wildman–Crippen MR) is 154 cm³/mol. The van der Waals surface area contributed by atoms with Crippen LogP contribution < -0.4 is 10.6 Å². The van der Waals surface area contributed by atoms with Gasteiger partial charge < -0.3 is 20.8 Å². The Hall–Kier alpha value is -2.12. The lowest BCUT2D eigenvalue weighted by Gasteiger charge is -2.28. The molecule has 0 unspecified atom stereocenters. The fourth-order valence-corrected chi connectivity index (χ4v) is 5.40. The Kier molecular flexibility index (Phi) is 20.3. The smallest absolute Gasteiger partial charge is 0.325 e. The van der Waals surface area contributed by atoms with Crippen LogP contribution in [0.25, 0.3) is 0 Å². The number of rotatable bonds is 24. The van der Waals surface area contributed by atoms with Crippen molar-refractivity contribution in [3.8, 4) is 0 Å². The summed E-state index contributed by atoms with van der Waals surface area (Å²) >= 11 is 0. The molecule has 8 heteroatoms. The van der Waals surface area contributed by atoms with E-state index in [0.29, 0.717) is 25.3 Å². The third-order valence-corrected chi connectivity index (χ3v) is 8.08. The molecule has 0 aromatic rings. The van der Waals surface area contributed by atoms with E-state index in [-0.39, 0.29) is 17.7 Å². The number of unbranched alkanes of at least 4 members (excludes halogenated alkanes) is 15. The Balaban J connectivity index is 1.84. The molecule has 8 nitrogen and oxygen atoms in total. The molecule has 2 amide bonds. The average molecular weight is 553 g/mol. The zero-order valence-corrected chi connectivity index (χ0v) is 24.5. The maximum Gasteiger partial charge on any atom is 0.325 e. The summed E-state index contributed by atoms with van der Waals surface area (Å²) in [5.74, 6) is -1.46. The summed E-state index contributed by atoms with van der Waals surface area (Å²) in [7, 11) is 0. The lowest BCUT2D eigenvalue weighted by atomic mass is 9.81. The number of aliphatic carboxylic acids is 2. The van der Waals surface area contributed by atoms with Gasteiger partial charge >= 0.3 is 11.9 Å². The topological polar surface area (TPSA) is 133 Å². The summed E-state index contributed by atoms with van der Waals surface area (Å²) in [6.07, 6.45) is 23.4. The predicted octanol–water partition coefficient (Wildman–Crippen LogP) is 6.60. The standard InChI is InChI=1S/C31H56N2O6/c1-25(31(38)39)33-30(37)27-22-20-26(21-23-27)24-32-28(34)18-16-14-12-10-8-6-4-2-3-5-7-9-11-13-15-17-19-29(35)36/h25-27H,2-24H2,1H3,(H,32,34)(H,33,37)(H,35,36)(H,38,39)/t25-,26-,27-/m1/s1. The minimum Gasteiger partial charge on any atom is -0.481 e. The molecule has 0 radical (unpaired) electrons. The van der Waals surface area contributed by atoms with Gasteiger partial charge in [-0.2, -0.15) is 0 Å². The van der Waals surface area contributed by atoms with Crippen molar-refractivity contribution in [2.24, 2.45) is 11.8 Å². The van der Waals surface area contributed by atoms with Crippen molar-refractivity contribution >= 4 is 23.8 Å². The Morgan fingerprint density at radius 2 is 1.05 bits per heavy atom. The van der Waals surface area contributed by atoms with E-state index in [2.05, 4.69) is 10.6 Å². The monoisotopic (exact) mass is 552 g/mol. The molecule has 0 heterocycles. The average Bonchev–Trinajstić information content (AvgIpc) is 2.91. The molecule has 1 saturated carbocycles. The Morgan fingerprint density at radius 3 is 1.46 bits per heavy atom. The minimum atomic E-state index is -1.02. The van der Waals surface area contributed by atoms with Gasteiger partial charge in [0, 0.05) is 25.3 Å². The second-order valence-corrected chi connectivity index (χ2v) is 11.6. The number of amides is 2. The van der Waals surface area contributed by atoms with Gasteiger partial charge in [-0.1, -0.05) is 89.9 Å². The maximum atomic E-state index is 12.2. The van der Waals surface area contributed by atoms with E-state index in [4.69, 9.17) is 10.2 Å². The Labute approximate surface area is 236 Å². The summed E-state index contributed by atoms with van der Waals surface area (Å²) < 4.78 is 0. The van der Waals surface area contributed by atoms with Crippen molar-refractivity contribution in [3.05, 3.63) is 0 Å². The lowest BCUT2D eigenvalue weighted by molar-refractivity contribution is -0.142. The van der Waals surface area contributed by atoms with E-state index < -0.39 is 18.0 Å². The van der Waals surface area contributed by atoms with Crippen LogP contribution in [0.5, 0.6) is 0 Å². The first-order valence-corrected chi connectivity index (χ1v) is 15.8. The molecule has 0 spiro atoms. The zero-order chi connectivity index (χ0) is 28.7. The Morgan fingerprint density at radius 1 is 0.641 bits per heavy atom. The number of carboxylic acids is 2. The highest BCUT2D eigenvalue weighted by molar-refractivity contribution is 5.84. The summed E-state index contributed by atoms with van der Waals surface area (Å²) in [5, 5.41) is 23.2. The molecule has 1 fully saturated rings. The normalized spacial score (nSPS) is 17.9. The second kappa shape index (κ2) is 22.7. The molecule has 1 aliphatic carbocycles. The second-order valence-electron chi connectivity index (χ2n) is 11.6. The molecular formula is C31H56N2O6. The highest BCUT2D eigenvalue weighted by Crippen LogP contribution is 2.28. The lowest BCUT2D eigenvalue weighted by Crippen LogP contribution is -2.43. The molecule has 1 aliphatic rings. The van der Waals surface area contributed by atoms with Crippen molar-refractivity contribution in [2.45, 2.75) is 154 Å². The van der Waals surface area contributed by atoms with Crippen LogP contribution >= 0.6 is 0 Å². The van der Waals surface area contributed by atoms with E-state index in [1.807, 2.05) is 0 Å². The van der Waals surface area contributed by atoms with Crippen LogP contribution in [-0.2, 0) is 19.2 Å². The van der Waals surface area contributed by atoms with Crippen LogP contribution in [0.4, 0.5) is 0 Å². The fraction of sp³-hybridized carbons (Fsp3) is 0.871. The van der Waals surface area contributed by atoms with Crippen LogP contribution in [0.15, 0.2) is 0 Å². The number of hydrogen-bond donors (Lipinski definition) is 4. The quantitative estimate of drug-likeness (QED) is 0.0997. The highest BCUT2D eigenvalue weighted by atomic mass is 16.4. The first kappa shape index (κ1) is 34.9. The number of carboxylic acid groups (broad SMARTS) is 2. The van der Waals surface area contributed by atoms with E-state index in [0.717, 1.165) is 51.4 Å². The minimum absolute atomic E-state index is 0.121. The molecule has 4 N–H and O–H groups in total. The van der Waals surface area contributed by atoms with E-state index >= 15 is 0 Å². The van der Waals surface area contributed by atoms with Crippen LogP contribution in [0, 0.1) is 11.8 Å². The van der Waals surface area contributed by atoms with Gasteiger partial charge in [0.05, 0.1) is 0 Å². The molecule has 39 heavy (non-hydrogen) atoms. The number of carbonyl (C=O) groups is 4. The van der Waals surface area contributed by atoms with Crippen molar-refractivity contribution in [3.63, 3.8) is 0 Å². The molecule has 0 bridgehead atoms. The SMILES string of the molecule is C[C@@H](NC(=O)[C@H]1CC[C@H](CNC(=O)CCCCCCCCCCCCCCCCCCC(=O)O)CC1)C(=O)O. The highest BCUT2D eigenvalue weighted by Gasteiger charge is 2.28. The van der Waals surface area contributed by atoms with Crippen LogP contribution in [0.3, 0.4) is 0 Å². The molecule has 0 aliphatic heterocycles. The van der Waals surface area contributed by atoms with Gasteiger partial charge in [0.1, 0.15) is 6.04 Å². The van der Waals surface area contributed by atoms with Crippen molar-refractivity contribution in [1.29, 1.82) is 0 Å². The van der Waals surface area contributed by atoms with Crippen LogP contribution in [0.1, 0.15) is 148 Å². The molecule has 0 aromatic carbocycles. The molecule has 1 atom stereocenters. The molecule has 0 saturated heterocycles. The molecule has 1 rings (SSSR count). The zero-order valence-electron chi connectivity index (χ0n) is 24.5. The summed E-state index contributed by atoms with van der Waals surface area (Å²) in [4.78, 5) is 45.7. The van der Waals surface area contributed by atoms with Gasteiger partial charge in [-0.05, 0) is 51.4 Å². The molecular weight excluding hydrogens is 496 g/mol. The van der Waals surface area contributed by atoms with E-state index in [9.17, 15) is 19.2 Å². The van der Waals surface area contributed by atoms with Gasteiger partial charge in [0.25, 0.3) is 0 Å². The summed E-state index contributed by atoms with van der Waals surface area (Å²) in [6, 6.07) is -0.859. The van der Waals surface area contributed by atoms with Gasteiger partial charge in [-0.3, -0.25) is 19.2 Å². The van der Waals surface area contributed by atoms with Gasteiger partial charge in [0.15, 0.2) is 0 Å². The summed E-state index contributed by atoms with van der Waals surface area (Å²) in [5.41, 5.74) is 0. The van der Waals surface area contributed by atoms with Crippen molar-refractivity contribution in [2.75, 3.05) is 6.54 Å². The van der Waals surface area contributed by atoms with Gasteiger partial charge in [0.2, 0.25) is 11.8 Å². The van der Waals surface area contributed by atoms with Gasteiger partial charge in [-0.25, -0.2) is 0 Å². The largest absolute Gasteiger partial charge is 0.481 e. The number of carbonyl (C=O) groups excluding carboxylic acids is 2. The van der Waals surface area contributed by atoms with Crippen LogP contribution in [-0.4, -0.2) is 46.6 Å². The van der Waals surface area contributed by atoms with Crippen LogP contribution in [0.2, 0.25) is 0 Å². The first-order valence-electron chi connectivity index (χ1n) is 15.8. The Bertz CT molecular complexity index is 691. The van der Waals surface area contributed by atoms with E-state index in [1.54, 1.807) is 0 Å². The maximum absolute atomic E-state index is 12.2. The number of hydrogen-bond acceptors (Lipinski definition) is 4. The molecule has 226 valence electrons. The third-order valence-electron chi connectivity index (χ3n) is 8.08.